The number of hydrogen-bond donors (Lipinski definition) is 1. The van der Waals surface area contributed by atoms with Crippen molar-refractivity contribution in [3.63, 3.8) is 0 Å². The molecule has 0 saturated heterocycles. The number of alkyl halides is 3. The van der Waals surface area contributed by atoms with Crippen LogP contribution in [0.25, 0.3) is 10.6 Å². The first-order chi connectivity index (χ1) is 12.8. The molecule has 2 aliphatic heterocycles. The average molecular weight is 395 g/mol. The molecule has 1 N–H and O–H groups in total. The van der Waals surface area contributed by atoms with Crippen LogP contribution in [-0.4, -0.2) is 12.7 Å². The molecule has 140 valence electrons. The molecular formula is C20H15ClF4N2. The highest BCUT2D eigenvalue weighted by molar-refractivity contribution is 6.47. The van der Waals surface area contributed by atoms with Crippen LogP contribution >= 0.6 is 11.6 Å². The van der Waals surface area contributed by atoms with Gasteiger partial charge in [0, 0.05) is 33.6 Å². The van der Waals surface area contributed by atoms with Crippen LogP contribution in [0, 0.1) is 5.82 Å². The molecule has 0 aliphatic carbocycles. The predicted molar refractivity (Wildman–Crippen MR) is 99.3 cm³/mol. The third-order valence-corrected chi connectivity index (χ3v) is 5.18. The highest BCUT2D eigenvalue weighted by Gasteiger charge is 2.40. The number of halogens is 5. The predicted octanol–water partition coefficient (Wildman–Crippen LogP) is 4.41. The second kappa shape index (κ2) is 6.30. The maximum atomic E-state index is 14.5. The molecule has 0 aromatic heterocycles. The Bertz CT molecular complexity index is 1070. The lowest BCUT2D eigenvalue weighted by atomic mass is 9.98. The van der Waals surface area contributed by atoms with Crippen molar-refractivity contribution in [1.82, 2.24) is 0 Å². The van der Waals surface area contributed by atoms with E-state index in [1.807, 2.05) is 0 Å². The van der Waals surface area contributed by atoms with Gasteiger partial charge in [0.1, 0.15) is 12.4 Å². The zero-order valence-corrected chi connectivity index (χ0v) is 15.0. The van der Waals surface area contributed by atoms with Crippen LogP contribution in [-0.2, 0) is 0 Å². The van der Waals surface area contributed by atoms with Crippen molar-refractivity contribution in [2.75, 3.05) is 16.8 Å². The van der Waals surface area contributed by atoms with E-state index >= 15 is 0 Å². The molecule has 1 unspecified atom stereocenters. The van der Waals surface area contributed by atoms with Gasteiger partial charge in [0.25, 0.3) is 0 Å². The minimum absolute atomic E-state index is 0.208. The summed E-state index contributed by atoms with van der Waals surface area (Å²) < 4.78 is 54.5. The Hall–Kier alpha value is -2.47. The first-order valence-corrected chi connectivity index (χ1v) is 8.70. The largest absolute Gasteiger partial charge is 0.405 e. The van der Waals surface area contributed by atoms with Gasteiger partial charge in [-0.3, -0.25) is 0 Å². The fourth-order valence-electron chi connectivity index (χ4n) is 3.86. The fraction of sp³-hybridized carbons (Fsp3) is 0.200. The van der Waals surface area contributed by atoms with Gasteiger partial charge in [0.2, 0.25) is 0 Å². The molecule has 0 amide bonds. The van der Waals surface area contributed by atoms with Gasteiger partial charge in [-0.15, -0.1) is 0 Å². The van der Waals surface area contributed by atoms with E-state index in [4.69, 9.17) is 11.6 Å². The first-order valence-electron chi connectivity index (χ1n) is 8.32. The van der Waals surface area contributed by atoms with Crippen molar-refractivity contribution in [2.24, 2.45) is 0 Å². The van der Waals surface area contributed by atoms with Crippen molar-refractivity contribution in [3.05, 3.63) is 70.5 Å². The highest BCUT2D eigenvalue weighted by Crippen LogP contribution is 2.39. The standard InChI is InChI=1S/C20H15ClF4N2/c1-11-17-16(7-6-15-18(17)13(21)8-9-26-15)27(10-20(23,24)25)19(11)12-4-2-3-5-14(12)22/h2-9,19,26H,10H2,1H3. The lowest BCUT2D eigenvalue weighted by Gasteiger charge is -2.31. The van der Waals surface area contributed by atoms with Crippen LogP contribution < -0.4 is 20.7 Å². The third-order valence-electron chi connectivity index (χ3n) is 4.87. The molecule has 0 bridgehead atoms. The van der Waals surface area contributed by atoms with Crippen LogP contribution in [0.5, 0.6) is 0 Å². The third kappa shape index (κ3) is 2.98. The Labute approximate surface area is 158 Å². The van der Waals surface area contributed by atoms with Crippen LogP contribution in [0.3, 0.4) is 0 Å². The zero-order valence-electron chi connectivity index (χ0n) is 14.2. The molecule has 27 heavy (non-hydrogen) atoms. The maximum Gasteiger partial charge on any atom is 0.405 e. The summed E-state index contributed by atoms with van der Waals surface area (Å²) in [5.41, 5.74) is 1.94. The van der Waals surface area contributed by atoms with Crippen LogP contribution in [0.15, 0.2) is 48.7 Å². The maximum absolute atomic E-state index is 14.5. The Balaban J connectivity index is 2.04. The smallest absolute Gasteiger partial charge is 0.361 e. The van der Waals surface area contributed by atoms with Gasteiger partial charge in [-0.05, 0) is 36.8 Å². The minimum atomic E-state index is -4.44. The normalized spacial score (nSPS) is 18.4. The zero-order chi connectivity index (χ0) is 19.3. The summed E-state index contributed by atoms with van der Waals surface area (Å²) in [6.07, 6.45) is -1.11. The van der Waals surface area contributed by atoms with E-state index in [0.29, 0.717) is 32.4 Å². The molecule has 0 fully saturated rings. The van der Waals surface area contributed by atoms with Crippen molar-refractivity contribution < 1.29 is 17.6 Å². The molecule has 1 atom stereocenters. The number of fused-ring (bicyclic) bond motifs is 3. The highest BCUT2D eigenvalue weighted by atomic mass is 35.5. The van der Waals surface area contributed by atoms with E-state index in [2.05, 4.69) is 5.32 Å². The molecular weight excluding hydrogens is 380 g/mol. The summed E-state index contributed by atoms with van der Waals surface area (Å²) in [7, 11) is 0. The summed E-state index contributed by atoms with van der Waals surface area (Å²) in [5, 5.41) is 4.75. The van der Waals surface area contributed by atoms with Crippen LogP contribution in [0.2, 0.25) is 0 Å². The first kappa shape index (κ1) is 17.9. The molecule has 2 heterocycles. The summed E-state index contributed by atoms with van der Waals surface area (Å²) in [5.74, 6) is -0.538. The molecule has 2 nitrogen and oxygen atoms in total. The van der Waals surface area contributed by atoms with Gasteiger partial charge in [-0.1, -0.05) is 29.8 Å². The fourth-order valence-corrected chi connectivity index (χ4v) is 4.12. The Morgan fingerprint density at radius 1 is 1.11 bits per heavy atom. The number of nitrogens with zero attached hydrogens (tertiary/aromatic N) is 1. The van der Waals surface area contributed by atoms with Gasteiger partial charge >= 0.3 is 6.18 Å². The summed E-state index contributed by atoms with van der Waals surface area (Å²) in [6, 6.07) is 8.39. The lowest BCUT2D eigenvalue weighted by molar-refractivity contribution is -0.120. The topological polar surface area (TPSA) is 15.3 Å². The number of rotatable bonds is 2. The molecule has 2 aliphatic rings. The molecule has 0 saturated carbocycles. The van der Waals surface area contributed by atoms with Crippen molar-refractivity contribution in [2.45, 2.75) is 19.1 Å². The number of allylic oxidation sites excluding steroid dienone is 1. The summed E-state index contributed by atoms with van der Waals surface area (Å²) >= 11 is 6.36. The van der Waals surface area contributed by atoms with Gasteiger partial charge in [0.15, 0.2) is 0 Å². The Morgan fingerprint density at radius 2 is 1.85 bits per heavy atom. The van der Waals surface area contributed by atoms with Gasteiger partial charge in [0.05, 0.1) is 11.1 Å². The van der Waals surface area contributed by atoms with Gasteiger partial charge in [-0.25, -0.2) is 4.39 Å². The van der Waals surface area contributed by atoms with Crippen LogP contribution in [0.1, 0.15) is 18.5 Å². The van der Waals surface area contributed by atoms with Crippen molar-refractivity contribution >= 4 is 33.6 Å². The van der Waals surface area contributed by atoms with E-state index in [1.54, 1.807) is 37.4 Å². The van der Waals surface area contributed by atoms with E-state index < -0.39 is 24.6 Å². The molecule has 7 heteroatoms. The van der Waals surface area contributed by atoms with Crippen molar-refractivity contribution in [1.29, 1.82) is 0 Å². The van der Waals surface area contributed by atoms with Crippen LogP contribution in [0.4, 0.5) is 28.9 Å². The molecule has 0 radical (unpaired) electrons. The van der Waals surface area contributed by atoms with Gasteiger partial charge < -0.3 is 10.2 Å². The van der Waals surface area contributed by atoms with E-state index in [1.165, 1.54) is 23.1 Å². The Kier molecular flexibility index (Phi) is 4.18. The lowest BCUT2D eigenvalue weighted by Crippen LogP contribution is -2.37. The minimum Gasteiger partial charge on any atom is -0.361 e. The van der Waals surface area contributed by atoms with E-state index in [-0.39, 0.29) is 5.56 Å². The van der Waals surface area contributed by atoms with E-state index in [0.717, 1.165) is 0 Å². The number of benzene rings is 2. The quantitative estimate of drug-likeness (QED) is 0.759. The monoisotopic (exact) mass is 394 g/mol. The Morgan fingerprint density at radius 3 is 2.56 bits per heavy atom. The number of hydrogen-bond acceptors (Lipinski definition) is 2. The molecule has 4 rings (SSSR count). The SMILES string of the molecule is CC1=c2c(ccc3c2=C(Cl)C=CN3)N(CC(F)(F)F)C1c1ccccc1F. The van der Waals surface area contributed by atoms with Crippen molar-refractivity contribution in [3.8, 4) is 0 Å². The molecule has 0 spiro atoms. The van der Waals surface area contributed by atoms with Gasteiger partial charge in [-0.2, -0.15) is 13.2 Å². The average Bonchev–Trinajstić information content (AvgIpc) is 2.86. The molecule has 2 aromatic carbocycles. The summed E-state index contributed by atoms with van der Waals surface area (Å²) in [6.45, 7) is 0.547. The number of nitrogens with one attached hydrogen (secondary N) is 1. The second-order valence-corrected chi connectivity index (χ2v) is 6.97. The molecule has 2 aromatic rings. The summed E-state index contributed by atoms with van der Waals surface area (Å²) in [4.78, 5) is 1.20. The second-order valence-electron chi connectivity index (χ2n) is 6.56. The number of anilines is 2. The van der Waals surface area contributed by atoms with E-state index in [9.17, 15) is 17.6 Å².